The average Bonchev–Trinajstić information content (AvgIpc) is 2.14. The molecule has 0 aromatic heterocycles. The molecular weight excluding hydrogens is 170 g/mol. The Morgan fingerprint density at radius 3 is 3.00 bits per heavy atom. The molecule has 0 saturated carbocycles. The Labute approximate surface area is 77.7 Å². The fourth-order valence-electron chi connectivity index (χ4n) is 0.540. The molecule has 0 heterocycles. The zero-order valence-electron chi connectivity index (χ0n) is 7.58. The van der Waals surface area contributed by atoms with Crippen molar-refractivity contribution in [2.24, 2.45) is 5.73 Å². The van der Waals surface area contributed by atoms with E-state index in [1.54, 1.807) is 0 Å². The van der Waals surface area contributed by atoms with Crippen molar-refractivity contribution >= 4 is 5.97 Å². The Morgan fingerprint density at radius 2 is 2.46 bits per heavy atom. The first-order valence-corrected chi connectivity index (χ1v) is 3.74. The van der Waals surface area contributed by atoms with E-state index in [4.69, 9.17) is 10.5 Å². The second-order valence-corrected chi connectivity index (χ2v) is 2.18. The largest absolute Gasteiger partial charge is 0.499 e. The van der Waals surface area contributed by atoms with Gasteiger partial charge in [0.2, 0.25) is 0 Å². The lowest BCUT2D eigenvalue weighted by atomic mass is 10.3. The van der Waals surface area contributed by atoms with E-state index in [9.17, 15) is 4.79 Å². The van der Waals surface area contributed by atoms with E-state index in [1.807, 2.05) is 0 Å². The molecule has 0 aliphatic carbocycles. The predicted molar refractivity (Wildman–Crippen MR) is 48.5 cm³/mol. The van der Waals surface area contributed by atoms with Crippen LogP contribution in [0.15, 0.2) is 12.8 Å². The molecular formula is C9H13NO3. The fourth-order valence-corrected chi connectivity index (χ4v) is 0.540. The van der Waals surface area contributed by atoms with E-state index in [1.165, 1.54) is 13.4 Å². The standard InChI is InChI=1S/C9H13NO3/c1-3-13-7-8(10)5-4-6-9(11)12-2/h3,8H,1,6-7,10H2,2H3/t8-/m1/s1. The Bertz CT molecular complexity index is 227. The number of carbonyl (C=O) groups excluding carboxylic acids is 1. The number of nitrogens with two attached hydrogens (primary N) is 1. The van der Waals surface area contributed by atoms with Gasteiger partial charge in [0.1, 0.15) is 19.1 Å². The normalized spacial score (nSPS) is 10.6. The zero-order chi connectivity index (χ0) is 10.1. The lowest BCUT2D eigenvalue weighted by Gasteiger charge is -2.01. The van der Waals surface area contributed by atoms with Gasteiger partial charge in [0.25, 0.3) is 0 Å². The Balaban J connectivity index is 3.68. The van der Waals surface area contributed by atoms with Crippen LogP contribution >= 0.6 is 0 Å². The number of esters is 1. The van der Waals surface area contributed by atoms with Gasteiger partial charge in [0.15, 0.2) is 0 Å². The van der Waals surface area contributed by atoms with E-state index >= 15 is 0 Å². The fraction of sp³-hybridized carbons (Fsp3) is 0.444. The molecule has 0 aliphatic heterocycles. The van der Waals surface area contributed by atoms with Crippen LogP contribution in [0.2, 0.25) is 0 Å². The summed E-state index contributed by atoms with van der Waals surface area (Å²) in [6, 6.07) is -0.400. The highest BCUT2D eigenvalue weighted by atomic mass is 16.5. The third-order valence-corrected chi connectivity index (χ3v) is 1.14. The van der Waals surface area contributed by atoms with Crippen molar-refractivity contribution in [2.75, 3.05) is 13.7 Å². The van der Waals surface area contributed by atoms with E-state index in [0.717, 1.165) is 0 Å². The monoisotopic (exact) mass is 183 g/mol. The highest BCUT2D eigenvalue weighted by Crippen LogP contribution is 1.83. The first-order valence-electron chi connectivity index (χ1n) is 3.74. The summed E-state index contributed by atoms with van der Waals surface area (Å²) in [6.07, 6.45) is 1.35. The summed E-state index contributed by atoms with van der Waals surface area (Å²) in [5.41, 5.74) is 5.49. The second kappa shape index (κ2) is 7.19. The highest BCUT2D eigenvalue weighted by Gasteiger charge is 1.97. The summed E-state index contributed by atoms with van der Waals surface area (Å²) >= 11 is 0. The van der Waals surface area contributed by atoms with Crippen molar-refractivity contribution in [1.29, 1.82) is 0 Å². The van der Waals surface area contributed by atoms with Crippen LogP contribution in [0.25, 0.3) is 0 Å². The van der Waals surface area contributed by atoms with Crippen LogP contribution in [-0.2, 0) is 14.3 Å². The van der Waals surface area contributed by atoms with Gasteiger partial charge in [-0.15, -0.1) is 0 Å². The first-order chi connectivity index (χ1) is 6.20. The second-order valence-electron chi connectivity index (χ2n) is 2.18. The molecule has 13 heavy (non-hydrogen) atoms. The number of ether oxygens (including phenoxy) is 2. The van der Waals surface area contributed by atoms with E-state index in [0.29, 0.717) is 0 Å². The van der Waals surface area contributed by atoms with Gasteiger partial charge >= 0.3 is 5.97 Å². The summed E-state index contributed by atoms with van der Waals surface area (Å²) in [5.74, 6) is 4.85. The van der Waals surface area contributed by atoms with Gasteiger partial charge in [0, 0.05) is 0 Å². The third-order valence-electron chi connectivity index (χ3n) is 1.14. The van der Waals surface area contributed by atoms with Gasteiger partial charge in [0.05, 0.1) is 13.4 Å². The molecule has 0 saturated heterocycles. The van der Waals surface area contributed by atoms with Crippen LogP contribution in [0.1, 0.15) is 6.42 Å². The molecule has 0 aromatic carbocycles. The quantitative estimate of drug-likeness (QED) is 0.380. The first kappa shape index (κ1) is 11.5. The van der Waals surface area contributed by atoms with Gasteiger partial charge in [-0.05, 0) is 0 Å². The molecule has 0 spiro atoms. The minimum Gasteiger partial charge on any atom is -0.499 e. The van der Waals surface area contributed by atoms with Gasteiger partial charge in [-0.1, -0.05) is 18.4 Å². The predicted octanol–water partition coefficient (Wildman–Crippen LogP) is 0.0403. The highest BCUT2D eigenvalue weighted by molar-refractivity contribution is 5.72. The molecule has 0 aliphatic rings. The maximum atomic E-state index is 10.6. The third kappa shape index (κ3) is 6.91. The van der Waals surface area contributed by atoms with E-state index < -0.39 is 6.04 Å². The van der Waals surface area contributed by atoms with Crippen molar-refractivity contribution in [3.05, 3.63) is 12.8 Å². The summed E-state index contributed by atoms with van der Waals surface area (Å²) in [6.45, 7) is 3.63. The molecule has 0 bridgehead atoms. The number of methoxy groups -OCH3 is 1. The molecule has 0 aromatic rings. The zero-order valence-corrected chi connectivity index (χ0v) is 7.58. The number of hydrogen-bond acceptors (Lipinski definition) is 4. The summed E-state index contributed by atoms with van der Waals surface area (Å²) in [4.78, 5) is 10.6. The maximum Gasteiger partial charge on any atom is 0.317 e. The maximum absolute atomic E-state index is 10.6. The van der Waals surface area contributed by atoms with Crippen molar-refractivity contribution in [1.82, 2.24) is 0 Å². The van der Waals surface area contributed by atoms with Gasteiger partial charge in [-0.3, -0.25) is 4.79 Å². The Kier molecular flexibility index (Phi) is 6.38. The van der Waals surface area contributed by atoms with Crippen LogP contribution in [0, 0.1) is 11.8 Å². The SMILES string of the molecule is C=COC[C@H](N)C#CCC(=O)OC. The lowest BCUT2D eigenvalue weighted by molar-refractivity contribution is -0.139. The van der Waals surface area contributed by atoms with Gasteiger partial charge in [-0.2, -0.15) is 0 Å². The van der Waals surface area contributed by atoms with Crippen molar-refractivity contribution in [2.45, 2.75) is 12.5 Å². The minimum absolute atomic E-state index is 0.0539. The Morgan fingerprint density at radius 1 is 1.77 bits per heavy atom. The molecule has 1 atom stereocenters. The molecule has 0 radical (unpaired) electrons. The van der Waals surface area contributed by atoms with E-state index in [-0.39, 0.29) is 19.0 Å². The van der Waals surface area contributed by atoms with Crippen molar-refractivity contribution in [3.8, 4) is 11.8 Å². The van der Waals surface area contributed by atoms with Crippen molar-refractivity contribution in [3.63, 3.8) is 0 Å². The molecule has 0 rings (SSSR count). The topological polar surface area (TPSA) is 61.5 Å². The molecule has 0 amide bonds. The minimum atomic E-state index is -0.400. The molecule has 0 fully saturated rings. The number of carbonyl (C=O) groups is 1. The van der Waals surface area contributed by atoms with Gasteiger partial charge < -0.3 is 15.2 Å². The average molecular weight is 183 g/mol. The molecule has 4 heteroatoms. The van der Waals surface area contributed by atoms with Gasteiger partial charge in [-0.25, -0.2) is 0 Å². The smallest absolute Gasteiger partial charge is 0.317 e. The number of hydrogen-bond donors (Lipinski definition) is 1. The van der Waals surface area contributed by atoms with Crippen LogP contribution in [0.5, 0.6) is 0 Å². The van der Waals surface area contributed by atoms with Crippen LogP contribution in [0.4, 0.5) is 0 Å². The molecule has 2 N–H and O–H groups in total. The Hall–Kier alpha value is -1.47. The lowest BCUT2D eigenvalue weighted by Crippen LogP contribution is -2.23. The molecule has 4 nitrogen and oxygen atoms in total. The molecule has 72 valence electrons. The van der Waals surface area contributed by atoms with Crippen LogP contribution in [0.3, 0.4) is 0 Å². The summed E-state index contributed by atoms with van der Waals surface area (Å²) in [5, 5.41) is 0. The van der Waals surface area contributed by atoms with Crippen molar-refractivity contribution < 1.29 is 14.3 Å². The van der Waals surface area contributed by atoms with Crippen LogP contribution in [-0.4, -0.2) is 25.7 Å². The summed E-state index contributed by atoms with van der Waals surface area (Å²) < 4.78 is 9.18. The van der Waals surface area contributed by atoms with E-state index in [2.05, 4.69) is 23.2 Å². The van der Waals surface area contributed by atoms with Crippen LogP contribution < -0.4 is 5.73 Å². The number of rotatable bonds is 4. The molecule has 0 unspecified atom stereocenters. The summed E-state index contributed by atoms with van der Waals surface area (Å²) in [7, 11) is 1.31.